The van der Waals surface area contributed by atoms with Gasteiger partial charge >= 0.3 is 12.1 Å². The van der Waals surface area contributed by atoms with Crippen molar-refractivity contribution in [3.05, 3.63) is 35.4 Å². The lowest BCUT2D eigenvalue weighted by molar-refractivity contribution is -0.161. The fraction of sp³-hybridized carbons (Fsp3) is 0.500. The molecular weight excluding hydrogens is 270 g/mol. The summed E-state index contributed by atoms with van der Waals surface area (Å²) in [4.78, 5) is 25.9. The van der Waals surface area contributed by atoms with Crippen LogP contribution in [0.25, 0.3) is 0 Å². The van der Waals surface area contributed by atoms with Gasteiger partial charge in [0.1, 0.15) is 5.60 Å². The second-order valence-corrected chi connectivity index (χ2v) is 6.05. The summed E-state index contributed by atoms with van der Waals surface area (Å²) in [6, 6.07) is 6.87. The van der Waals surface area contributed by atoms with Crippen molar-refractivity contribution >= 4 is 12.1 Å². The number of methoxy groups -OCH3 is 1. The Morgan fingerprint density at radius 1 is 1.24 bits per heavy atom. The Kier molecular flexibility index (Phi) is 4.21. The van der Waals surface area contributed by atoms with E-state index in [0.717, 1.165) is 11.1 Å². The van der Waals surface area contributed by atoms with Gasteiger partial charge in [0.25, 0.3) is 0 Å². The molecule has 0 saturated carbocycles. The van der Waals surface area contributed by atoms with Gasteiger partial charge in [-0.1, -0.05) is 24.3 Å². The summed E-state index contributed by atoms with van der Waals surface area (Å²) in [5.74, 6) is -0.431. The highest BCUT2D eigenvalue weighted by atomic mass is 16.6. The van der Waals surface area contributed by atoms with Crippen LogP contribution in [0.15, 0.2) is 24.3 Å². The number of ether oxygens (including phenoxy) is 2. The van der Waals surface area contributed by atoms with Gasteiger partial charge in [-0.3, -0.25) is 4.90 Å². The monoisotopic (exact) mass is 291 g/mol. The van der Waals surface area contributed by atoms with Gasteiger partial charge in [0.05, 0.1) is 7.11 Å². The van der Waals surface area contributed by atoms with Crippen molar-refractivity contribution in [3.63, 3.8) is 0 Å². The Labute approximate surface area is 124 Å². The van der Waals surface area contributed by atoms with Gasteiger partial charge < -0.3 is 9.47 Å². The number of carbonyl (C=O) groups excluding carboxylic acids is 2. The summed E-state index contributed by atoms with van der Waals surface area (Å²) in [6.07, 6.45) is 0.185. The molecule has 0 N–H and O–H groups in total. The molecule has 1 amide bonds. The summed E-state index contributed by atoms with van der Waals surface area (Å²) in [6.45, 7) is 5.86. The molecular formula is C16H21NO4. The number of hydrogen-bond acceptors (Lipinski definition) is 4. The van der Waals surface area contributed by atoms with Crippen LogP contribution in [0.2, 0.25) is 0 Å². The molecule has 5 nitrogen and oxygen atoms in total. The summed E-state index contributed by atoms with van der Waals surface area (Å²) < 4.78 is 10.3. The second kappa shape index (κ2) is 5.76. The Balaban J connectivity index is 2.39. The van der Waals surface area contributed by atoms with Crippen LogP contribution in [-0.4, -0.2) is 36.2 Å². The molecule has 0 spiro atoms. The molecule has 5 heteroatoms. The minimum Gasteiger partial charge on any atom is -0.458 e. The maximum absolute atomic E-state index is 12.5. The van der Waals surface area contributed by atoms with E-state index in [2.05, 4.69) is 0 Å². The van der Waals surface area contributed by atoms with Crippen LogP contribution in [0.1, 0.15) is 37.9 Å². The highest BCUT2D eigenvalue weighted by Crippen LogP contribution is 2.32. The van der Waals surface area contributed by atoms with Gasteiger partial charge in [0.15, 0.2) is 6.04 Å². The molecule has 1 aliphatic rings. The molecule has 0 saturated heterocycles. The molecule has 0 aromatic heterocycles. The largest absolute Gasteiger partial charge is 0.458 e. The van der Waals surface area contributed by atoms with E-state index in [1.165, 1.54) is 12.0 Å². The summed E-state index contributed by atoms with van der Waals surface area (Å²) in [5.41, 5.74) is 1.27. The standard InChI is InChI=1S/C16H21NO4/c1-16(2,3)21-14(18)13-12-8-6-5-7-11(12)9-10-17(13)15(19)20-4/h5-8,13H,9-10H2,1-4H3. The van der Waals surface area contributed by atoms with Crippen LogP contribution in [0.3, 0.4) is 0 Å². The van der Waals surface area contributed by atoms with Crippen LogP contribution in [0.4, 0.5) is 4.79 Å². The predicted molar refractivity (Wildman–Crippen MR) is 77.8 cm³/mol. The molecule has 0 radical (unpaired) electrons. The molecule has 1 heterocycles. The van der Waals surface area contributed by atoms with Crippen molar-refractivity contribution in [2.75, 3.05) is 13.7 Å². The minimum atomic E-state index is -0.748. The fourth-order valence-corrected chi connectivity index (χ4v) is 2.49. The van der Waals surface area contributed by atoms with Crippen LogP contribution < -0.4 is 0 Å². The first kappa shape index (κ1) is 15.4. The van der Waals surface area contributed by atoms with Crippen molar-refractivity contribution < 1.29 is 19.1 Å². The zero-order chi connectivity index (χ0) is 15.6. The Morgan fingerprint density at radius 2 is 1.90 bits per heavy atom. The van der Waals surface area contributed by atoms with E-state index in [9.17, 15) is 9.59 Å². The highest BCUT2D eigenvalue weighted by molar-refractivity contribution is 5.84. The SMILES string of the molecule is COC(=O)N1CCc2ccccc2C1C(=O)OC(C)(C)C. The number of benzene rings is 1. The quantitative estimate of drug-likeness (QED) is 0.746. The van der Waals surface area contributed by atoms with E-state index >= 15 is 0 Å². The maximum Gasteiger partial charge on any atom is 0.410 e. The number of fused-ring (bicyclic) bond motifs is 1. The fourth-order valence-electron chi connectivity index (χ4n) is 2.49. The predicted octanol–water partition coefficient (Wildman–Crippen LogP) is 2.69. The molecule has 1 aromatic carbocycles. The molecule has 0 bridgehead atoms. The summed E-state index contributed by atoms with van der Waals surface area (Å²) in [7, 11) is 1.31. The number of hydrogen-bond donors (Lipinski definition) is 0. The normalized spacial score (nSPS) is 17.9. The van der Waals surface area contributed by atoms with Gasteiger partial charge in [-0.2, -0.15) is 0 Å². The third kappa shape index (κ3) is 3.35. The third-order valence-electron chi connectivity index (χ3n) is 3.32. The number of amides is 1. The summed E-state index contributed by atoms with van der Waals surface area (Å²) >= 11 is 0. The van der Waals surface area contributed by atoms with Crippen LogP contribution in [-0.2, 0) is 20.7 Å². The Morgan fingerprint density at radius 3 is 2.52 bits per heavy atom. The maximum atomic E-state index is 12.5. The van der Waals surface area contributed by atoms with E-state index in [4.69, 9.17) is 9.47 Å². The molecule has 1 aromatic rings. The average molecular weight is 291 g/mol. The lowest BCUT2D eigenvalue weighted by Crippen LogP contribution is -2.45. The Bertz CT molecular complexity index is 547. The van der Waals surface area contributed by atoms with Crippen LogP contribution >= 0.6 is 0 Å². The average Bonchev–Trinajstić information content (AvgIpc) is 2.43. The molecule has 21 heavy (non-hydrogen) atoms. The first-order valence-corrected chi connectivity index (χ1v) is 6.99. The number of rotatable bonds is 1. The van der Waals surface area contributed by atoms with E-state index in [-0.39, 0.29) is 0 Å². The molecule has 1 atom stereocenters. The second-order valence-electron chi connectivity index (χ2n) is 6.05. The van der Waals surface area contributed by atoms with Crippen LogP contribution in [0.5, 0.6) is 0 Å². The third-order valence-corrected chi connectivity index (χ3v) is 3.32. The van der Waals surface area contributed by atoms with Gasteiger partial charge in [0, 0.05) is 6.54 Å². The first-order chi connectivity index (χ1) is 9.83. The topological polar surface area (TPSA) is 55.8 Å². The van der Waals surface area contributed by atoms with Crippen molar-refractivity contribution in [3.8, 4) is 0 Å². The minimum absolute atomic E-state index is 0.431. The first-order valence-electron chi connectivity index (χ1n) is 6.99. The smallest absolute Gasteiger partial charge is 0.410 e. The Hall–Kier alpha value is -2.04. The van der Waals surface area contributed by atoms with E-state index < -0.39 is 23.7 Å². The number of esters is 1. The van der Waals surface area contributed by atoms with E-state index in [1.54, 1.807) is 0 Å². The van der Waals surface area contributed by atoms with E-state index in [1.807, 2.05) is 45.0 Å². The van der Waals surface area contributed by atoms with Gasteiger partial charge in [-0.05, 0) is 38.3 Å². The van der Waals surface area contributed by atoms with Crippen LogP contribution in [0, 0.1) is 0 Å². The van der Waals surface area contributed by atoms with Crippen molar-refractivity contribution in [1.82, 2.24) is 4.90 Å². The number of nitrogens with zero attached hydrogens (tertiary/aromatic N) is 1. The lowest BCUT2D eigenvalue weighted by atomic mass is 9.93. The molecule has 114 valence electrons. The zero-order valence-electron chi connectivity index (χ0n) is 12.9. The van der Waals surface area contributed by atoms with Crippen molar-refractivity contribution in [1.29, 1.82) is 0 Å². The van der Waals surface area contributed by atoms with Crippen molar-refractivity contribution in [2.24, 2.45) is 0 Å². The van der Waals surface area contributed by atoms with Gasteiger partial charge in [0.2, 0.25) is 0 Å². The zero-order valence-corrected chi connectivity index (χ0v) is 12.9. The van der Waals surface area contributed by atoms with Gasteiger partial charge in [-0.15, -0.1) is 0 Å². The highest BCUT2D eigenvalue weighted by Gasteiger charge is 2.38. The molecule has 0 fully saturated rings. The number of carbonyl (C=O) groups is 2. The molecule has 1 unspecified atom stereocenters. The van der Waals surface area contributed by atoms with Crippen molar-refractivity contribution in [2.45, 2.75) is 38.8 Å². The van der Waals surface area contributed by atoms with Gasteiger partial charge in [-0.25, -0.2) is 9.59 Å². The molecule has 1 aliphatic heterocycles. The molecule has 0 aliphatic carbocycles. The summed E-state index contributed by atoms with van der Waals surface area (Å²) in [5, 5.41) is 0. The molecule has 2 rings (SSSR count). The lowest BCUT2D eigenvalue weighted by Gasteiger charge is -2.36. The van der Waals surface area contributed by atoms with E-state index in [0.29, 0.717) is 13.0 Å².